The number of fused-ring (bicyclic) bond motifs is 6. The summed E-state index contributed by atoms with van der Waals surface area (Å²) in [7, 11) is -4.25. The highest BCUT2D eigenvalue weighted by molar-refractivity contribution is 7.85. The number of aliphatic imine (C=N–C) groups is 1. The molecule has 0 saturated carbocycles. The second-order valence-electron chi connectivity index (χ2n) is 10.1. The van der Waals surface area contributed by atoms with E-state index in [-0.39, 0.29) is 5.75 Å². The fraction of sp³-hybridized carbons (Fsp3) is 0.276. The second-order valence-corrected chi connectivity index (χ2v) is 11.6. The van der Waals surface area contributed by atoms with Crippen LogP contribution in [0.5, 0.6) is 5.75 Å². The van der Waals surface area contributed by atoms with Crippen molar-refractivity contribution in [3.05, 3.63) is 78.4 Å². The molecule has 0 fully saturated rings. The highest BCUT2D eigenvalue weighted by Gasteiger charge is 2.60. The summed E-state index contributed by atoms with van der Waals surface area (Å²) in [4.78, 5) is 7.20. The summed E-state index contributed by atoms with van der Waals surface area (Å²) in [6.45, 7) is 4.89. The first-order valence-corrected chi connectivity index (χ1v) is 13.8. The van der Waals surface area contributed by atoms with Crippen molar-refractivity contribution in [2.24, 2.45) is 4.99 Å². The molecule has 7 heteroatoms. The lowest BCUT2D eigenvalue weighted by atomic mass is 9.75. The van der Waals surface area contributed by atoms with Gasteiger partial charge in [0.25, 0.3) is 0 Å². The Morgan fingerprint density at radius 1 is 0.889 bits per heavy atom. The van der Waals surface area contributed by atoms with Crippen molar-refractivity contribution < 1.29 is 17.7 Å². The highest BCUT2D eigenvalue weighted by Crippen LogP contribution is 2.56. The van der Waals surface area contributed by atoms with E-state index in [0.29, 0.717) is 25.1 Å². The van der Waals surface area contributed by atoms with Crippen LogP contribution in [0.2, 0.25) is 0 Å². The summed E-state index contributed by atoms with van der Waals surface area (Å²) in [6.07, 6.45) is 2.74. The molecular formula is C29H27N2O4S-. The van der Waals surface area contributed by atoms with Crippen molar-refractivity contribution in [2.45, 2.75) is 37.8 Å². The zero-order valence-electron chi connectivity index (χ0n) is 20.3. The second kappa shape index (κ2) is 8.05. The Hall–Kier alpha value is -3.42. The normalized spacial score (nSPS) is 20.0. The molecule has 0 aliphatic carbocycles. The molecule has 1 atom stereocenters. The number of hydrogen-bond donors (Lipinski definition) is 0. The molecule has 0 saturated heterocycles. The smallest absolute Gasteiger partial charge is 0.228 e. The SMILES string of the molecule is CC1(C)c2c(ccc3ccccc23)N(CCCCS(=O)(=O)[O-])C12C=Nc1c(ccc3ccccc13)O2. The van der Waals surface area contributed by atoms with Gasteiger partial charge in [-0.05, 0) is 60.5 Å². The Morgan fingerprint density at radius 3 is 2.31 bits per heavy atom. The average Bonchev–Trinajstić information content (AvgIpc) is 3.04. The fourth-order valence-electron chi connectivity index (χ4n) is 5.88. The van der Waals surface area contributed by atoms with Gasteiger partial charge in [0, 0.05) is 23.4 Å². The molecule has 0 N–H and O–H groups in total. The van der Waals surface area contributed by atoms with Crippen molar-refractivity contribution in [1.82, 2.24) is 0 Å². The molecule has 0 amide bonds. The van der Waals surface area contributed by atoms with Gasteiger partial charge in [0.05, 0.1) is 21.7 Å². The quantitative estimate of drug-likeness (QED) is 0.252. The lowest BCUT2D eigenvalue weighted by molar-refractivity contribution is 0.0780. The molecule has 0 bridgehead atoms. The molecule has 184 valence electrons. The standard InChI is InChI=1S/C29H28N2O4S/c1-28(2)26-22-11-5-3-9-20(22)13-15-24(26)31(17-7-8-18-36(32,33)34)29(28)19-30-27-23-12-6-4-10-21(23)14-16-25(27)35-29/h3-6,9-16,19H,7-8,17-18H2,1-2H3,(H,32,33,34)/p-1. The van der Waals surface area contributed by atoms with Crippen LogP contribution in [0.1, 0.15) is 32.3 Å². The monoisotopic (exact) mass is 499 g/mol. The minimum atomic E-state index is -4.25. The maximum atomic E-state index is 11.2. The zero-order valence-corrected chi connectivity index (χ0v) is 21.1. The third kappa shape index (κ3) is 3.41. The van der Waals surface area contributed by atoms with Crippen molar-refractivity contribution in [3.8, 4) is 5.75 Å². The lowest BCUT2D eigenvalue weighted by Gasteiger charge is -2.46. The van der Waals surface area contributed by atoms with E-state index in [1.807, 2.05) is 36.5 Å². The van der Waals surface area contributed by atoms with Crippen molar-refractivity contribution in [2.75, 3.05) is 17.2 Å². The van der Waals surface area contributed by atoms with Crippen LogP contribution in [0.25, 0.3) is 21.5 Å². The molecule has 0 radical (unpaired) electrons. The highest BCUT2D eigenvalue weighted by atomic mass is 32.2. The van der Waals surface area contributed by atoms with Gasteiger partial charge < -0.3 is 14.2 Å². The number of unbranched alkanes of at least 4 members (excludes halogenated alkanes) is 1. The molecule has 2 aliphatic heterocycles. The maximum Gasteiger partial charge on any atom is 0.228 e. The maximum absolute atomic E-state index is 11.2. The van der Waals surface area contributed by atoms with E-state index in [1.165, 1.54) is 5.56 Å². The van der Waals surface area contributed by atoms with Crippen molar-refractivity contribution in [3.63, 3.8) is 0 Å². The Labute approximate surface area is 211 Å². The van der Waals surface area contributed by atoms with Crippen LogP contribution in [0.4, 0.5) is 11.4 Å². The van der Waals surface area contributed by atoms with Crippen molar-refractivity contribution in [1.29, 1.82) is 0 Å². The zero-order chi connectivity index (χ0) is 25.1. The number of rotatable bonds is 5. The summed E-state index contributed by atoms with van der Waals surface area (Å²) < 4.78 is 40.5. The molecular weight excluding hydrogens is 472 g/mol. The van der Waals surface area contributed by atoms with Crippen LogP contribution in [0.15, 0.2) is 77.8 Å². The average molecular weight is 500 g/mol. The van der Waals surface area contributed by atoms with Gasteiger partial charge in [-0.25, -0.2) is 8.42 Å². The molecule has 4 aromatic rings. The van der Waals surface area contributed by atoms with Gasteiger partial charge in [-0.15, -0.1) is 0 Å². The molecule has 6 nitrogen and oxygen atoms in total. The van der Waals surface area contributed by atoms with Gasteiger partial charge in [0.2, 0.25) is 5.72 Å². The van der Waals surface area contributed by atoms with Crippen LogP contribution in [0, 0.1) is 0 Å². The van der Waals surface area contributed by atoms with Crippen LogP contribution in [-0.2, 0) is 15.5 Å². The van der Waals surface area contributed by atoms with Gasteiger partial charge >= 0.3 is 0 Å². The molecule has 36 heavy (non-hydrogen) atoms. The van der Waals surface area contributed by atoms with E-state index in [0.717, 1.165) is 32.9 Å². The largest absolute Gasteiger partial charge is 0.748 e. The number of benzene rings is 4. The molecule has 1 unspecified atom stereocenters. The molecule has 4 aromatic carbocycles. The molecule has 0 aromatic heterocycles. The molecule has 1 spiro atoms. The molecule has 2 aliphatic rings. The summed E-state index contributed by atoms with van der Waals surface area (Å²) in [6, 6.07) is 24.7. The van der Waals surface area contributed by atoms with Gasteiger partial charge in [-0.3, -0.25) is 4.99 Å². The number of ether oxygens (including phenoxy) is 1. The minimum absolute atomic E-state index is 0.292. The van der Waals surface area contributed by atoms with E-state index < -0.39 is 21.3 Å². The van der Waals surface area contributed by atoms with Gasteiger partial charge in [0.1, 0.15) is 11.4 Å². The van der Waals surface area contributed by atoms with E-state index in [9.17, 15) is 13.0 Å². The third-order valence-electron chi connectivity index (χ3n) is 7.64. The summed E-state index contributed by atoms with van der Waals surface area (Å²) >= 11 is 0. The van der Waals surface area contributed by atoms with Crippen LogP contribution in [-0.4, -0.2) is 37.2 Å². The predicted molar refractivity (Wildman–Crippen MR) is 144 cm³/mol. The number of anilines is 1. The number of nitrogens with zero attached hydrogens (tertiary/aromatic N) is 2. The van der Waals surface area contributed by atoms with Crippen LogP contribution >= 0.6 is 0 Å². The van der Waals surface area contributed by atoms with E-state index in [4.69, 9.17) is 9.73 Å². The molecule has 2 heterocycles. The Kier molecular flexibility index (Phi) is 5.14. The minimum Gasteiger partial charge on any atom is -0.748 e. The third-order valence-corrected chi connectivity index (χ3v) is 8.43. The lowest BCUT2D eigenvalue weighted by Crippen LogP contribution is -2.62. The summed E-state index contributed by atoms with van der Waals surface area (Å²) in [5, 5.41) is 4.44. The summed E-state index contributed by atoms with van der Waals surface area (Å²) in [5.41, 5.74) is 1.63. The first kappa shape index (κ1) is 23.0. The first-order chi connectivity index (χ1) is 17.2. The van der Waals surface area contributed by atoms with Gasteiger partial charge in [-0.1, -0.05) is 60.7 Å². The van der Waals surface area contributed by atoms with Crippen LogP contribution < -0.4 is 9.64 Å². The Balaban J connectivity index is 1.49. The fourth-order valence-corrected chi connectivity index (χ4v) is 6.44. The summed E-state index contributed by atoms with van der Waals surface area (Å²) in [5.74, 6) is 0.347. The predicted octanol–water partition coefficient (Wildman–Crippen LogP) is 5.91. The van der Waals surface area contributed by atoms with E-state index >= 15 is 0 Å². The first-order valence-electron chi connectivity index (χ1n) is 12.2. The topological polar surface area (TPSA) is 82.0 Å². The van der Waals surface area contributed by atoms with E-state index in [2.05, 4.69) is 61.2 Å². The van der Waals surface area contributed by atoms with Gasteiger partial charge in [0.15, 0.2) is 0 Å². The van der Waals surface area contributed by atoms with Crippen molar-refractivity contribution >= 4 is 49.3 Å². The molecule has 6 rings (SSSR count). The van der Waals surface area contributed by atoms with E-state index in [1.54, 1.807) is 0 Å². The Morgan fingerprint density at radius 2 is 1.56 bits per heavy atom. The van der Waals surface area contributed by atoms with Gasteiger partial charge in [-0.2, -0.15) is 0 Å². The Bertz CT molecular complexity index is 1640. The van der Waals surface area contributed by atoms with Crippen LogP contribution in [0.3, 0.4) is 0 Å². The number of hydrogen-bond acceptors (Lipinski definition) is 6.